The fraction of sp³-hybridized carbons (Fsp3) is 1.00. The van der Waals surface area contributed by atoms with Gasteiger partial charge in [-0.3, -0.25) is 4.90 Å². The molecular formula is C17H36N2. The minimum atomic E-state index is 0.371. The molecule has 0 aromatic carbocycles. The molecule has 1 rings (SSSR count). The van der Waals surface area contributed by atoms with Crippen molar-refractivity contribution in [2.45, 2.75) is 84.7 Å². The first-order chi connectivity index (χ1) is 9.10. The topological polar surface area (TPSA) is 15.3 Å². The van der Waals surface area contributed by atoms with Gasteiger partial charge >= 0.3 is 0 Å². The van der Waals surface area contributed by atoms with Crippen LogP contribution in [0.1, 0.15) is 73.1 Å². The van der Waals surface area contributed by atoms with Crippen molar-refractivity contribution < 1.29 is 0 Å². The summed E-state index contributed by atoms with van der Waals surface area (Å²) in [5.41, 5.74) is 0.371. The first-order valence-electron chi connectivity index (χ1n) is 8.59. The SMILES string of the molecule is CCCCC(CC)CN1CC(CC)(CC)NCC1C. The quantitative estimate of drug-likeness (QED) is 0.714. The molecule has 0 saturated carbocycles. The van der Waals surface area contributed by atoms with Crippen LogP contribution in [0.25, 0.3) is 0 Å². The molecule has 2 unspecified atom stereocenters. The van der Waals surface area contributed by atoms with Gasteiger partial charge in [0.05, 0.1) is 0 Å². The van der Waals surface area contributed by atoms with Crippen LogP contribution >= 0.6 is 0 Å². The van der Waals surface area contributed by atoms with Crippen molar-refractivity contribution in [3.63, 3.8) is 0 Å². The van der Waals surface area contributed by atoms with Gasteiger partial charge in [0.1, 0.15) is 0 Å². The summed E-state index contributed by atoms with van der Waals surface area (Å²) < 4.78 is 0. The zero-order valence-electron chi connectivity index (χ0n) is 14.0. The molecule has 0 bridgehead atoms. The highest BCUT2D eigenvalue weighted by molar-refractivity contribution is 4.95. The molecule has 0 aliphatic carbocycles. The minimum Gasteiger partial charge on any atom is -0.308 e. The van der Waals surface area contributed by atoms with Crippen molar-refractivity contribution in [1.29, 1.82) is 0 Å². The Labute approximate surface area is 121 Å². The average Bonchev–Trinajstić information content (AvgIpc) is 2.45. The molecule has 19 heavy (non-hydrogen) atoms. The normalized spacial score (nSPS) is 25.4. The number of nitrogens with one attached hydrogen (secondary N) is 1. The van der Waals surface area contributed by atoms with E-state index in [4.69, 9.17) is 0 Å². The average molecular weight is 268 g/mol. The summed E-state index contributed by atoms with van der Waals surface area (Å²) in [6.45, 7) is 15.4. The van der Waals surface area contributed by atoms with E-state index in [9.17, 15) is 0 Å². The predicted molar refractivity (Wildman–Crippen MR) is 85.7 cm³/mol. The molecule has 1 saturated heterocycles. The van der Waals surface area contributed by atoms with Gasteiger partial charge in [-0.25, -0.2) is 0 Å². The van der Waals surface area contributed by atoms with Crippen molar-refractivity contribution in [2.75, 3.05) is 19.6 Å². The Morgan fingerprint density at radius 1 is 1.21 bits per heavy atom. The standard InChI is InChI=1S/C17H36N2/c1-6-10-11-16(7-2)13-19-14-17(8-3,9-4)18-12-15(19)5/h15-16,18H,6-14H2,1-5H3. The molecule has 1 fully saturated rings. The highest BCUT2D eigenvalue weighted by Gasteiger charge is 2.35. The van der Waals surface area contributed by atoms with Gasteiger partial charge in [-0.05, 0) is 32.1 Å². The van der Waals surface area contributed by atoms with Crippen molar-refractivity contribution in [3.05, 3.63) is 0 Å². The maximum absolute atomic E-state index is 3.80. The second-order valence-electron chi connectivity index (χ2n) is 6.56. The van der Waals surface area contributed by atoms with Gasteiger partial charge in [0.15, 0.2) is 0 Å². The summed E-state index contributed by atoms with van der Waals surface area (Å²) in [7, 11) is 0. The minimum absolute atomic E-state index is 0.371. The lowest BCUT2D eigenvalue weighted by molar-refractivity contribution is 0.0646. The van der Waals surface area contributed by atoms with Crippen LogP contribution in [0, 0.1) is 5.92 Å². The van der Waals surface area contributed by atoms with E-state index in [1.165, 1.54) is 51.6 Å². The largest absolute Gasteiger partial charge is 0.308 e. The Morgan fingerprint density at radius 3 is 2.42 bits per heavy atom. The Balaban J connectivity index is 2.58. The van der Waals surface area contributed by atoms with Gasteiger partial charge in [-0.2, -0.15) is 0 Å². The van der Waals surface area contributed by atoms with Gasteiger partial charge < -0.3 is 5.32 Å². The molecule has 1 N–H and O–H groups in total. The molecule has 2 heteroatoms. The van der Waals surface area contributed by atoms with Crippen LogP contribution in [0.3, 0.4) is 0 Å². The van der Waals surface area contributed by atoms with Crippen LogP contribution in [-0.2, 0) is 0 Å². The van der Waals surface area contributed by atoms with Crippen LogP contribution in [0.4, 0.5) is 0 Å². The Kier molecular flexibility index (Phi) is 7.38. The molecule has 114 valence electrons. The van der Waals surface area contributed by atoms with E-state index < -0.39 is 0 Å². The van der Waals surface area contributed by atoms with Gasteiger partial charge in [0.25, 0.3) is 0 Å². The molecule has 0 aromatic rings. The first-order valence-corrected chi connectivity index (χ1v) is 8.59. The van der Waals surface area contributed by atoms with Crippen LogP contribution in [-0.4, -0.2) is 36.1 Å². The van der Waals surface area contributed by atoms with E-state index in [1.54, 1.807) is 0 Å². The molecule has 1 aliphatic heterocycles. The maximum Gasteiger partial charge on any atom is 0.0304 e. The summed E-state index contributed by atoms with van der Waals surface area (Å²) in [4.78, 5) is 2.76. The van der Waals surface area contributed by atoms with E-state index in [0.717, 1.165) is 12.5 Å². The Bertz CT molecular complexity index is 235. The summed E-state index contributed by atoms with van der Waals surface area (Å²) in [5.74, 6) is 0.895. The van der Waals surface area contributed by atoms with E-state index in [0.29, 0.717) is 11.6 Å². The number of piperazine rings is 1. The zero-order chi connectivity index (χ0) is 14.3. The number of unbranched alkanes of at least 4 members (excludes halogenated alkanes) is 1. The Morgan fingerprint density at radius 2 is 1.89 bits per heavy atom. The Hall–Kier alpha value is -0.0800. The van der Waals surface area contributed by atoms with Gasteiger partial charge in [-0.1, -0.05) is 47.0 Å². The highest BCUT2D eigenvalue weighted by Crippen LogP contribution is 2.25. The zero-order valence-corrected chi connectivity index (χ0v) is 14.0. The number of hydrogen-bond donors (Lipinski definition) is 1. The van der Waals surface area contributed by atoms with Crippen LogP contribution in [0.5, 0.6) is 0 Å². The van der Waals surface area contributed by atoms with Crippen LogP contribution in [0.2, 0.25) is 0 Å². The third kappa shape index (κ3) is 4.75. The van der Waals surface area contributed by atoms with Crippen molar-refractivity contribution in [3.8, 4) is 0 Å². The molecule has 0 amide bonds. The van der Waals surface area contributed by atoms with E-state index in [2.05, 4.69) is 44.8 Å². The van der Waals surface area contributed by atoms with Crippen LogP contribution < -0.4 is 5.32 Å². The third-order valence-corrected chi connectivity index (χ3v) is 5.29. The summed E-state index contributed by atoms with van der Waals surface area (Å²) >= 11 is 0. The molecule has 2 atom stereocenters. The fourth-order valence-corrected chi connectivity index (χ4v) is 3.31. The van der Waals surface area contributed by atoms with E-state index >= 15 is 0 Å². The number of hydrogen-bond acceptors (Lipinski definition) is 2. The molecule has 0 spiro atoms. The summed E-state index contributed by atoms with van der Waals surface area (Å²) in [6, 6.07) is 0.696. The fourth-order valence-electron chi connectivity index (χ4n) is 3.31. The molecular weight excluding hydrogens is 232 g/mol. The first kappa shape index (κ1) is 17.0. The van der Waals surface area contributed by atoms with Crippen molar-refractivity contribution >= 4 is 0 Å². The molecule has 1 heterocycles. The third-order valence-electron chi connectivity index (χ3n) is 5.29. The molecule has 0 radical (unpaired) electrons. The van der Waals surface area contributed by atoms with E-state index in [-0.39, 0.29) is 0 Å². The monoisotopic (exact) mass is 268 g/mol. The number of rotatable bonds is 8. The lowest BCUT2D eigenvalue weighted by atomic mass is 9.87. The maximum atomic E-state index is 3.80. The predicted octanol–water partition coefficient (Wildman–Crippen LogP) is 4.06. The van der Waals surface area contributed by atoms with Crippen molar-refractivity contribution in [2.24, 2.45) is 5.92 Å². The summed E-state index contributed by atoms with van der Waals surface area (Å²) in [6.07, 6.45) is 7.97. The van der Waals surface area contributed by atoms with E-state index in [1.807, 2.05) is 0 Å². The van der Waals surface area contributed by atoms with Crippen LogP contribution in [0.15, 0.2) is 0 Å². The van der Waals surface area contributed by atoms with Gasteiger partial charge in [0, 0.05) is 31.2 Å². The number of nitrogens with zero attached hydrogens (tertiary/aromatic N) is 1. The lowest BCUT2D eigenvalue weighted by Crippen LogP contribution is -2.63. The second kappa shape index (κ2) is 8.26. The molecule has 2 nitrogen and oxygen atoms in total. The lowest BCUT2D eigenvalue weighted by Gasteiger charge is -2.47. The second-order valence-corrected chi connectivity index (χ2v) is 6.56. The highest BCUT2D eigenvalue weighted by atomic mass is 15.2. The molecule has 0 aromatic heterocycles. The summed E-state index contributed by atoms with van der Waals surface area (Å²) in [5, 5.41) is 3.80. The van der Waals surface area contributed by atoms with Gasteiger partial charge in [0.2, 0.25) is 0 Å². The van der Waals surface area contributed by atoms with Crippen molar-refractivity contribution in [1.82, 2.24) is 10.2 Å². The molecule has 1 aliphatic rings. The smallest absolute Gasteiger partial charge is 0.0304 e. The van der Waals surface area contributed by atoms with Gasteiger partial charge in [-0.15, -0.1) is 0 Å².